The van der Waals surface area contributed by atoms with Crippen molar-refractivity contribution in [2.24, 2.45) is 5.92 Å². The second kappa shape index (κ2) is 13.9. The maximum Gasteiger partial charge on any atom is 0.303 e. The molecule has 8 heteroatoms. The molecule has 0 unspecified atom stereocenters. The first-order chi connectivity index (χ1) is 19.7. The zero-order chi connectivity index (χ0) is 29.5. The van der Waals surface area contributed by atoms with Crippen molar-refractivity contribution in [2.75, 3.05) is 18.9 Å². The number of aliphatic hydroxyl groups is 1. The van der Waals surface area contributed by atoms with Gasteiger partial charge in [-0.1, -0.05) is 73.7 Å². The first-order valence-electron chi connectivity index (χ1n) is 14.0. The number of carbonyl (C=O) groups is 2. The van der Waals surface area contributed by atoms with Crippen molar-refractivity contribution in [1.82, 2.24) is 4.90 Å². The Bertz CT molecular complexity index is 1280. The van der Waals surface area contributed by atoms with Crippen LogP contribution in [-0.2, 0) is 30.4 Å². The molecule has 4 rings (SSSR count). The highest BCUT2D eigenvalue weighted by molar-refractivity contribution is 5.94. The molecule has 218 valence electrons. The summed E-state index contributed by atoms with van der Waals surface area (Å²) >= 11 is 0. The van der Waals surface area contributed by atoms with Gasteiger partial charge in [-0.05, 0) is 49.7 Å². The minimum Gasteiger partial charge on any atom is -0.453 e. The van der Waals surface area contributed by atoms with Crippen LogP contribution in [0.2, 0.25) is 0 Å². The number of carbonyl (C=O) groups excluding carboxylic acids is 2. The third-order valence-electron chi connectivity index (χ3n) is 7.70. The van der Waals surface area contributed by atoms with Crippen molar-refractivity contribution in [3.63, 3.8) is 0 Å². The Morgan fingerprint density at radius 2 is 1.59 bits per heavy atom. The highest BCUT2D eigenvalue weighted by Crippen LogP contribution is 2.42. The molecule has 0 saturated carbocycles. The van der Waals surface area contributed by atoms with Crippen LogP contribution in [-0.4, -0.2) is 47.7 Å². The van der Waals surface area contributed by atoms with E-state index in [2.05, 4.69) is 55.4 Å². The lowest BCUT2D eigenvalue weighted by Gasteiger charge is -2.43. The van der Waals surface area contributed by atoms with Crippen LogP contribution in [0.25, 0.3) is 0 Å². The number of benzene rings is 3. The number of ether oxygens (including phenoxy) is 3. The van der Waals surface area contributed by atoms with Crippen molar-refractivity contribution < 1.29 is 28.9 Å². The fourth-order valence-corrected chi connectivity index (χ4v) is 5.03. The first-order valence-corrected chi connectivity index (χ1v) is 14.0. The number of esters is 1. The molecule has 0 radical (unpaired) electrons. The fourth-order valence-electron chi connectivity index (χ4n) is 5.03. The molecule has 0 aliphatic carbocycles. The molecule has 1 aliphatic heterocycles. The van der Waals surface area contributed by atoms with E-state index in [0.29, 0.717) is 12.2 Å². The molecule has 1 amide bonds. The number of anilines is 1. The zero-order valence-corrected chi connectivity index (χ0v) is 24.3. The second-order valence-electron chi connectivity index (χ2n) is 10.7. The minimum atomic E-state index is -0.896. The Morgan fingerprint density at radius 3 is 2.20 bits per heavy atom. The predicted molar refractivity (Wildman–Crippen MR) is 157 cm³/mol. The van der Waals surface area contributed by atoms with E-state index in [4.69, 9.17) is 14.2 Å². The lowest BCUT2D eigenvalue weighted by molar-refractivity contribution is -0.276. The van der Waals surface area contributed by atoms with Crippen LogP contribution in [0.15, 0.2) is 78.9 Å². The third-order valence-corrected chi connectivity index (χ3v) is 7.70. The monoisotopic (exact) mass is 560 g/mol. The van der Waals surface area contributed by atoms with E-state index < -0.39 is 24.3 Å². The third kappa shape index (κ3) is 7.80. The number of likely N-dealkylation sites (N-methyl/N-ethyl adjacent to an activating group) is 1. The van der Waals surface area contributed by atoms with Gasteiger partial charge in [0, 0.05) is 36.7 Å². The van der Waals surface area contributed by atoms with Gasteiger partial charge in [0.2, 0.25) is 0 Å². The molecule has 1 aliphatic rings. The lowest BCUT2D eigenvalue weighted by Crippen LogP contribution is -2.44. The normalized spacial score (nSPS) is 22.1. The van der Waals surface area contributed by atoms with Gasteiger partial charge in [0.05, 0.1) is 18.8 Å². The van der Waals surface area contributed by atoms with E-state index in [1.54, 1.807) is 12.1 Å². The van der Waals surface area contributed by atoms with Gasteiger partial charge in [-0.15, -0.1) is 0 Å². The van der Waals surface area contributed by atoms with E-state index in [1.165, 1.54) is 19.4 Å². The Morgan fingerprint density at radius 1 is 0.951 bits per heavy atom. The largest absolute Gasteiger partial charge is 0.453 e. The Hall–Kier alpha value is -3.56. The van der Waals surface area contributed by atoms with Gasteiger partial charge in [0.15, 0.2) is 12.4 Å². The minimum absolute atomic E-state index is 0.0135. The molecular formula is C33H40N2O6. The molecular weight excluding hydrogens is 520 g/mol. The maximum atomic E-state index is 12.4. The summed E-state index contributed by atoms with van der Waals surface area (Å²) in [6, 6.07) is 25.7. The average Bonchev–Trinajstić information content (AvgIpc) is 2.98. The standard InChI is InChI=1S/C33H40N2O6/c1-21-30(19-35(5)22(2)26-9-7-6-8-10-26)40-33(41-31(21)27-13-11-25(20-36)12-14-27)28-15-17-29(18-16-28)34-32(38)23(3)39-24(4)37/h6-18,21-23,30-31,33,36H,19-20H2,1-5H3,(H,34,38)/t21-,22-,23-,30+,31+,33+/m0/s1. The number of nitrogens with one attached hydrogen (secondary N) is 1. The number of aliphatic hydroxyl groups excluding tert-OH is 1. The molecule has 8 nitrogen and oxygen atoms in total. The quantitative estimate of drug-likeness (QED) is 0.314. The van der Waals surface area contributed by atoms with Crippen molar-refractivity contribution in [2.45, 2.75) is 64.9 Å². The van der Waals surface area contributed by atoms with Gasteiger partial charge in [-0.25, -0.2) is 0 Å². The van der Waals surface area contributed by atoms with E-state index in [0.717, 1.165) is 16.7 Å². The number of hydrogen-bond acceptors (Lipinski definition) is 7. The van der Waals surface area contributed by atoms with Crippen LogP contribution in [0.4, 0.5) is 5.69 Å². The molecule has 3 aromatic carbocycles. The summed E-state index contributed by atoms with van der Waals surface area (Å²) in [6.45, 7) is 7.82. The molecule has 1 saturated heterocycles. The molecule has 2 N–H and O–H groups in total. The van der Waals surface area contributed by atoms with E-state index in [-0.39, 0.29) is 30.8 Å². The van der Waals surface area contributed by atoms with Gasteiger partial charge in [0.25, 0.3) is 5.91 Å². The van der Waals surface area contributed by atoms with Crippen LogP contribution in [0.3, 0.4) is 0 Å². The van der Waals surface area contributed by atoms with E-state index >= 15 is 0 Å². The van der Waals surface area contributed by atoms with Crippen LogP contribution in [0, 0.1) is 5.92 Å². The lowest BCUT2D eigenvalue weighted by atomic mass is 9.89. The summed E-state index contributed by atoms with van der Waals surface area (Å²) in [4.78, 5) is 25.8. The van der Waals surface area contributed by atoms with Gasteiger partial charge < -0.3 is 24.6 Å². The number of amides is 1. The Kier molecular flexibility index (Phi) is 10.3. The summed E-state index contributed by atoms with van der Waals surface area (Å²) in [6.07, 6.45) is -1.87. The summed E-state index contributed by atoms with van der Waals surface area (Å²) in [5.41, 5.74) is 4.51. The van der Waals surface area contributed by atoms with Gasteiger partial charge in [-0.3, -0.25) is 14.5 Å². The van der Waals surface area contributed by atoms with Crippen LogP contribution >= 0.6 is 0 Å². The van der Waals surface area contributed by atoms with Gasteiger partial charge in [-0.2, -0.15) is 0 Å². The smallest absolute Gasteiger partial charge is 0.303 e. The number of nitrogens with zero attached hydrogens (tertiary/aromatic N) is 1. The van der Waals surface area contributed by atoms with Crippen LogP contribution in [0.5, 0.6) is 0 Å². The van der Waals surface area contributed by atoms with Crippen molar-refractivity contribution in [3.8, 4) is 0 Å². The summed E-state index contributed by atoms with van der Waals surface area (Å²) in [5.74, 6) is -0.866. The molecule has 0 aromatic heterocycles. The fraction of sp³-hybridized carbons (Fsp3) is 0.394. The van der Waals surface area contributed by atoms with E-state index in [1.807, 2.05) is 42.5 Å². The van der Waals surface area contributed by atoms with E-state index in [9.17, 15) is 14.7 Å². The summed E-state index contributed by atoms with van der Waals surface area (Å²) < 4.78 is 18.1. The summed E-state index contributed by atoms with van der Waals surface area (Å²) in [7, 11) is 2.11. The summed E-state index contributed by atoms with van der Waals surface area (Å²) in [5, 5.41) is 12.3. The highest BCUT2D eigenvalue weighted by Gasteiger charge is 2.39. The Balaban J connectivity index is 1.54. The number of rotatable bonds is 10. The molecule has 41 heavy (non-hydrogen) atoms. The highest BCUT2D eigenvalue weighted by atomic mass is 16.7. The van der Waals surface area contributed by atoms with Crippen molar-refractivity contribution >= 4 is 17.6 Å². The van der Waals surface area contributed by atoms with Crippen LogP contribution < -0.4 is 5.32 Å². The molecule has 1 heterocycles. The zero-order valence-electron chi connectivity index (χ0n) is 24.3. The van der Waals surface area contributed by atoms with Gasteiger partial charge >= 0.3 is 5.97 Å². The molecule has 0 spiro atoms. The number of hydrogen-bond donors (Lipinski definition) is 2. The van der Waals surface area contributed by atoms with Gasteiger partial charge in [0.1, 0.15) is 0 Å². The van der Waals surface area contributed by atoms with Crippen molar-refractivity contribution in [1.29, 1.82) is 0 Å². The molecule has 3 aromatic rings. The first kappa shape index (κ1) is 30.4. The topological polar surface area (TPSA) is 97.3 Å². The van der Waals surface area contributed by atoms with Crippen LogP contribution in [0.1, 0.15) is 68.4 Å². The maximum absolute atomic E-state index is 12.4. The SMILES string of the molecule is CC(=O)O[C@@H](C)C(=O)Nc1ccc([C@@H]2O[C@H](CN(C)[C@@H](C)c3ccccc3)[C@H](C)[C@H](c3ccc(CO)cc3)O2)cc1. The molecule has 6 atom stereocenters. The molecule has 0 bridgehead atoms. The Labute approximate surface area is 242 Å². The van der Waals surface area contributed by atoms with Crippen molar-refractivity contribution in [3.05, 3.63) is 101 Å². The predicted octanol–water partition coefficient (Wildman–Crippen LogP) is 5.55. The molecule has 1 fully saturated rings. The average molecular weight is 561 g/mol. The second-order valence-corrected chi connectivity index (χ2v) is 10.7.